The summed E-state index contributed by atoms with van der Waals surface area (Å²) in [5.41, 5.74) is 0.0460. The van der Waals surface area contributed by atoms with E-state index in [1.54, 1.807) is 36.4 Å². The van der Waals surface area contributed by atoms with E-state index in [-0.39, 0.29) is 12.4 Å². The van der Waals surface area contributed by atoms with Crippen LogP contribution in [-0.4, -0.2) is 27.3 Å². The number of para-hydroxylation sites is 1. The van der Waals surface area contributed by atoms with Gasteiger partial charge in [-0.1, -0.05) is 30.3 Å². The van der Waals surface area contributed by atoms with Gasteiger partial charge in [-0.3, -0.25) is 0 Å². The molecule has 2 aromatic heterocycles. The number of ether oxygens (including phenoxy) is 2. The van der Waals surface area contributed by atoms with Crippen molar-refractivity contribution in [2.24, 2.45) is 0 Å². The van der Waals surface area contributed by atoms with Crippen LogP contribution in [0.2, 0.25) is 0 Å². The molecule has 4 rings (SSSR count). The van der Waals surface area contributed by atoms with Gasteiger partial charge in [-0.25, -0.2) is 14.5 Å². The molecule has 35 heavy (non-hydrogen) atoms. The third kappa shape index (κ3) is 5.64. The predicted molar refractivity (Wildman–Crippen MR) is 131 cm³/mol. The highest BCUT2D eigenvalue weighted by molar-refractivity contribution is 14.1. The van der Waals surface area contributed by atoms with E-state index in [1.165, 1.54) is 13.0 Å². The van der Waals surface area contributed by atoms with Crippen molar-refractivity contribution in [2.45, 2.75) is 19.7 Å². The van der Waals surface area contributed by atoms with E-state index in [1.807, 2.05) is 24.3 Å². The average Bonchev–Trinajstić information content (AvgIpc) is 3.31. The summed E-state index contributed by atoms with van der Waals surface area (Å²) in [5.74, 6) is -0.672. The van der Waals surface area contributed by atoms with Crippen molar-refractivity contribution < 1.29 is 27.4 Å². The number of hydrogen-bond acceptors (Lipinski definition) is 5. The summed E-state index contributed by atoms with van der Waals surface area (Å²) in [6.45, 7) is 1.76. The lowest BCUT2D eigenvalue weighted by Crippen LogP contribution is -2.19. The van der Waals surface area contributed by atoms with Crippen LogP contribution in [-0.2, 0) is 17.5 Å². The molecule has 0 aliphatic heterocycles. The maximum atomic E-state index is 13.9. The first-order valence-corrected chi connectivity index (χ1v) is 11.6. The summed E-state index contributed by atoms with van der Waals surface area (Å²) in [4.78, 5) is 16.5. The van der Waals surface area contributed by atoms with Gasteiger partial charge in [0.05, 0.1) is 18.5 Å². The Balaban J connectivity index is 1.69. The SMILES string of the molecule is CCOC(=O)c1cnn(-c2cccc(-c3ccccc3OCc3ccc(I)cc3)n2)c1C(F)(F)F. The molecule has 0 fully saturated rings. The largest absolute Gasteiger partial charge is 0.488 e. The molecule has 4 aromatic rings. The fraction of sp³-hybridized carbons (Fsp3) is 0.160. The highest BCUT2D eigenvalue weighted by Crippen LogP contribution is 2.35. The van der Waals surface area contributed by atoms with Gasteiger partial charge in [-0.15, -0.1) is 0 Å². The van der Waals surface area contributed by atoms with Crippen LogP contribution in [0.5, 0.6) is 5.75 Å². The molecule has 0 spiro atoms. The van der Waals surface area contributed by atoms with Crippen LogP contribution in [0.1, 0.15) is 28.5 Å². The smallest absolute Gasteiger partial charge is 0.434 e. The van der Waals surface area contributed by atoms with Crippen molar-refractivity contribution in [2.75, 3.05) is 6.61 Å². The summed E-state index contributed by atoms with van der Waals surface area (Å²) >= 11 is 2.22. The van der Waals surface area contributed by atoms with E-state index in [0.717, 1.165) is 15.3 Å². The molecule has 2 aromatic carbocycles. The monoisotopic (exact) mass is 593 g/mol. The lowest BCUT2D eigenvalue weighted by atomic mass is 10.1. The van der Waals surface area contributed by atoms with Crippen molar-refractivity contribution >= 4 is 28.6 Å². The first-order chi connectivity index (χ1) is 16.8. The molecule has 0 saturated heterocycles. The van der Waals surface area contributed by atoms with Crippen molar-refractivity contribution in [3.63, 3.8) is 0 Å². The fourth-order valence-corrected chi connectivity index (χ4v) is 3.75. The molecule has 0 radical (unpaired) electrons. The van der Waals surface area contributed by atoms with Gasteiger partial charge in [0.25, 0.3) is 0 Å². The molecule has 2 heterocycles. The molecule has 0 N–H and O–H groups in total. The van der Waals surface area contributed by atoms with E-state index in [9.17, 15) is 18.0 Å². The van der Waals surface area contributed by atoms with Crippen LogP contribution in [0.4, 0.5) is 13.2 Å². The highest BCUT2D eigenvalue weighted by Gasteiger charge is 2.41. The van der Waals surface area contributed by atoms with Gasteiger partial charge in [-0.2, -0.15) is 18.3 Å². The first-order valence-electron chi connectivity index (χ1n) is 10.5. The number of esters is 1. The topological polar surface area (TPSA) is 66.2 Å². The molecule has 0 unspecified atom stereocenters. The maximum Gasteiger partial charge on any atom is 0.434 e. The van der Waals surface area contributed by atoms with E-state index in [2.05, 4.69) is 32.7 Å². The number of carbonyl (C=O) groups excluding carboxylic acids is 1. The number of rotatable bonds is 7. The van der Waals surface area contributed by atoms with Crippen LogP contribution in [0.15, 0.2) is 72.9 Å². The first kappa shape index (κ1) is 24.7. The van der Waals surface area contributed by atoms with E-state index >= 15 is 0 Å². The molecular formula is C25H19F3IN3O3. The van der Waals surface area contributed by atoms with Crippen LogP contribution < -0.4 is 4.74 Å². The maximum absolute atomic E-state index is 13.9. The second kappa shape index (κ2) is 10.5. The van der Waals surface area contributed by atoms with Gasteiger partial charge in [0.1, 0.15) is 17.9 Å². The zero-order valence-electron chi connectivity index (χ0n) is 18.4. The third-order valence-electron chi connectivity index (χ3n) is 4.96. The lowest BCUT2D eigenvalue weighted by Gasteiger charge is -2.14. The summed E-state index contributed by atoms with van der Waals surface area (Å²) < 4.78 is 54.1. The number of halogens is 4. The van der Waals surface area contributed by atoms with Gasteiger partial charge >= 0.3 is 12.1 Å². The number of pyridine rings is 1. The zero-order valence-corrected chi connectivity index (χ0v) is 20.6. The van der Waals surface area contributed by atoms with Gasteiger partial charge in [0.2, 0.25) is 0 Å². The van der Waals surface area contributed by atoms with Gasteiger partial charge < -0.3 is 9.47 Å². The summed E-state index contributed by atoms with van der Waals surface area (Å²) in [6, 6.07) is 19.6. The van der Waals surface area contributed by atoms with Crippen LogP contribution in [0.25, 0.3) is 17.1 Å². The normalized spacial score (nSPS) is 11.3. The molecular weight excluding hydrogens is 574 g/mol. The summed E-state index contributed by atoms with van der Waals surface area (Å²) in [5, 5.41) is 3.80. The van der Waals surface area contributed by atoms with Crippen LogP contribution >= 0.6 is 22.6 Å². The van der Waals surface area contributed by atoms with Crippen LogP contribution in [0, 0.1) is 3.57 Å². The number of carbonyl (C=O) groups is 1. The Hall–Kier alpha value is -3.41. The number of benzene rings is 2. The van der Waals surface area contributed by atoms with Crippen molar-refractivity contribution in [3.05, 3.63) is 93.3 Å². The van der Waals surface area contributed by atoms with E-state index < -0.39 is 23.4 Å². The van der Waals surface area contributed by atoms with Gasteiger partial charge in [0.15, 0.2) is 11.5 Å². The lowest BCUT2D eigenvalue weighted by molar-refractivity contribution is -0.143. The Bertz CT molecular complexity index is 1340. The average molecular weight is 593 g/mol. The minimum Gasteiger partial charge on any atom is -0.488 e. The van der Waals surface area contributed by atoms with Gasteiger partial charge in [0, 0.05) is 9.13 Å². The molecule has 0 saturated carbocycles. The number of nitrogens with zero attached hydrogens (tertiary/aromatic N) is 3. The molecule has 0 aliphatic carbocycles. The Morgan fingerprint density at radius 1 is 1.03 bits per heavy atom. The minimum absolute atomic E-state index is 0.0615. The molecule has 180 valence electrons. The highest BCUT2D eigenvalue weighted by atomic mass is 127. The van der Waals surface area contributed by atoms with Gasteiger partial charge in [-0.05, 0) is 71.5 Å². The molecule has 0 amide bonds. The quantitative estimate of drug-likeness (QED) is 0.186. The molecule has 0 aliphatic rings. The molecule has 0 bridgehead atoms. The fourth-order valence-electron chi connectivity index (χ4n) is 3.39. The summed E-state index contributed by atoms with van der Waals surface area (Å²) in [7, 11) is 0. The van der Waals surface area contributed by atoms with Crippen molar-refractivity contribution in [1.29, 1.82) is 0 Å². The number of alkyl halides is 3. The second-order valence-corrected chi connectivity index (χ2v) is 8.57. The second-order valence-electron chi connectivity index (χ2n) is 7.33. The number of aromatic nitrogens is 3. The third-order valence-corrected chi connectivity index (χ3v) is 5.67. The Morgan fingerprint density at radius 2 is 1.77 bits per heavy atom. The Labute approximate surface area is 212 Å². The minimum atomic E-state index is -4.86. The van der Waals surface area contributed by atoms with E-state index in [0.29, 0.717) is 28.3 Å². The Morgan fingerprint density at radius 3 is 2.49 bits per heavy atom. The van der Waals surface area contributed by atoms with Crippen LogP contribution in [0.3, 0.4) is 0 Å². The predicted octanol–water partition coefficient (Wildman–Crippen LogP) is 6.31. The summed E-state index contributed by atoms with van der Waals surface area (Å²) in [6.07, 6.45) is -4.02. The standard InChI is InChI=1S/C25H19F3IN3O3/c1-2-34-24(33)19-14-30-32(23(19)25(26,27)28)22-9-5-7-20(31-22)18-6-3-4-8-21(18)35-15-16-10-12-17(29)13-11-16/h3-14H,2,15H2,1H3. The Kier molecular flexibility index (Phi) is 7.39. The molecule has 6 nitrogen and oxygen atoms in total. The van der Waals surface area contributed by atoms with E-state index in [4.69, 9.17) is 9.47 Å². The number of hydrogen-bond donors (Lipinski definition) is 0. The zero-order chi connectivity index (χ0) is 25.0. The molecule has 10 heteroatoms. The van der Waals surface area contributed by atoms with Crippen molar-refractivity contribution in [1.82, 2.24) is 14.8 Å². The van der Waals surface area contributed by atoms with Crippen molar-refractivity contribution in [3.8, 4) is 22.8 Å². The molecule has 0 atom stereocenters.